The summed E-state index contributed by atoms with van der Waals surface area (Å²) in [7, 11) is 0. The minimum atomic E-state index is -1.49. The highest BCUT2D eigenvalue weighted by Gasteiger charge is 2.22. The number of hydrogen-bond acceptors (Lipinski definition) is 1. The summed E-state index contributed by atoms with van der Waals surface area (Å²) in [5, 5.41) is 0. The van der Waals surface area contributed by atoms with Crippen LogP contribution in [0.25, 0.3) is 0 Å². The second-order valence-electron chi connectivity index (χ2n) is 7.35. The first-order valence-electron chi connectivity index (χ1n) is 9.77. The van der Waals surface area contributed by atoms with Gasteiger partial charge in [0.05, 0.1) is 6.61 Å². The normalized spacial score (nSPS) is 21.3. The predicted molar refractivity (Wildman–Crippen MR) is 123 cm³/mol. The van der Waals surface area contributed by atoms with Crippen LogP contribution >= 0.6 is 45.9 Å². The quantitative estimate of drug-likeness (QED) is 0.160. The molecule has 0 atom stereocenters. The zero-order chi connectivity index (χ0) is 18.1. The highest BCUT2D eigenvalue weighted by molar-refractivity contribution is 9.72. The number of halogens is 3. The van der Waals surface area contributed by atoms with Gasteiger partial charge in [-0.25, -0.2) is 0 Å². The van der Waals surface area contributed by atoms with Crippen LogP contribution in [0.1, 0.15) is 76.2 Å². The molecule has 1 saturated carbocycles. The smallest absolute Gasteiger partial charge is 0.267 e. The summed E-state index contributed by atoms with van der Waals surface area (Å²) in [5.41, 5.74) is 1.51. The van der Waals surface area contributed by atoms with Gasteiger partial charge in [0, 0.05) is 0 Å². The first-order chi connectivity index (χ1) is 12.0. The molecule has 1 fully saturated rings. The van der Waals surface area contributed by atoms with Crippen LogP contribution in [-0.2, 0) is 0 Å². The van der Waals surface area contributed by atoms with E-state index in [1.807, 2.05) is 0 Å². The van der Waals surface area contributed by atoms with E-state index in [0.29, 0.717) is 0 Å². The summed E-state index contributed by atoms with van der Waals surface area (Å²) in [4.78, 5) is 0. The second-order valence-corrected chi connectivity index (χ2v) is 30.8. The van der Waals surface area contributed by atoms with E-state index in [2.05, 4.69) is 77.1 Å². The molecule has 1 aliphatic rings. The molecule has 1 aromatic rings. The van der Waals surface area contributed by atoms with Crippen LogP contribution in [0.3, 0.4) is 0 Å². The van der Waals surface area contributed by atoms with E-state index in [-0.39, 0.29) is 0 Å². The summed E-state index contributed by atoms with van der Waals surface area (Å²) in [6.07, 6.45) is 12.3. The summed E-state index contributed by atoms with van der Waals surface area (Å²) in [6, 6.07) is 9.99. The summed E-state index contributed by atoms with van der Waals surface area (Å²) < 4.78 is 4.39. The van der Waals surface area contributed by atoms with Gasteiger partial charge >= 0.3 is 0 Å². The number of rotatable bonds is 10. The molecular weight excluding hydrogens is 524 g/mol. The fourth-order valence-electron chi connectivity index (χ4n) is 3.77. The van der Waals surface area contributed by atoms with E-state index in [4.69, 9.17) is 4.74 Å². The molecule has 0 spiro atoms. The molecule has 0 aromatic heterocycles. The van der Waals surface area contributed by atoms with Gasteiger partial charge in [0.2, 0.25) is 0 Å². The zero-order valence-electron chi connectivity index (χ0n) is 15.3. The van der Waals surface area contributed by atoms with Crippen LogP contribution < -0.4 is 4.74 Å². The average molecular weight is 555 g/mol. The van der Waals surface area contributed by atoms with Crippen LogP contribution in [0.5, 0.6) is 5.75 Å². The van der Waals surface area contributed by atoms with Crippen molar-refractivity contribution in [2.24, 2.45) is 5.92 Å². The van der Waals surface area contributed by atoms with Crippen LogP contribution in [0.2, 0.25) is 6.04 Å². The van der Waals surface area contributed by atoms with Gasteiger partial charge in [0.15, 0.2) is 0 Å². The molecule has 0 N–H and O–H groups in total. The lowest BCUT2D eigenvalue weighted by atomic mass is 9.77. The standard InChI is InChI=1S/C20H31Br3OSi/c1-2-3-4-6-17-7-9-18(10-8-17)19-11-13-20(14-12-19)24-15-5-16-25(21,22)23/h11-14,17-18H,2-10,15-16H2,1H3. The molecule has 0 saturated heterocycles. The lowest BCUT2D eigenvalue weighted by Gasteiger charge is -2.29. The molecule has 0 aliphatic heterocycles. The van der Waals surface area contributed by atoms with Crippen LogP contribution in [-0.4, -0.2) is 10.5 Å². The van der Waals surface area contributed by atoms with Crippen molar-refractivity contribution >= 4 is 49.8 Å². The Morgan fingerprint density at radius 1 is 0.960 bits per heavy atom. The lowest BCUT2D eigenvalue weighted by molar-refractivity contribution is 0.302. The van der Waals surface area contributed by atoms with Crippen molar-refractivity contribution in [1.82, 2.24) is 0 Å². The Morgan fingerprint density at radius 3 is 2.24 bits per heavy atom. The highest BCUT2D eigenvalue weighted by Crippen LogP contribution is 2.38. The van der Waals surface area contributed by atoms with Gasteiger partial charge in [-0.1, -0.05) is 90.6 Å². The van der Waals surface area contributed by atoms with E-state index in [9.17, 15) is 0 Å². The fourth-order valence-corrected chi connectivity index (χ4v) is 6.83. The van der Waals surface area contributed by atoms with Crippen molar-refractivity contribution in [3.63, 3.8) is 0 Å². The Hall–Kier alpha value is 0.677. The van der Waals surface area contributed by atoms with Gasteiger partial charge in [-0.3, -0.25) is 0 Å². The van der Waals surface area contributed by atoms with Gasteiger partial charge in [0.25, 0.3) is 3.93 Å². The third-order valence-electron chi connectivity index (χ3n) is 5.29. The summed E-state index contributed by atoms with van der Waals surface area (Å²) in [6.45, 7) is 3.07. The van der Waals surface area contributed by atoms with E-state index >= 15 is 0 Å². The number of ether oxygens (including phenoxy) is 1. The summed E-state index contributed by atoms with van der Waals surface area (Å²) >= 11 is 11.0. The average Bonchev–Trinajstić information content (AvgIpc) is 2.59. The van der Waals surface area contributed by atoms with Crippen molar-refractivity contribution in [3.8, 4) is 5.75 Å². The Balaban J connectivity index is 1.70. The molecule has 0 heterocycles. The summed E-state index contributed by atoms with van der Waals surface area (Å²) in [5.74, 6) is 2.75. The molecule has 1 aromatic carbocycles. The number of benzene rings is 1. The number of unbranched alkanes of at least 4 members (excludes halogenated alkanes) is 2. The lowest BCUT2D eigenvalue weighted by Crippen LogP contribution is -2.13. The zero-order valence-corrected chi connectivity index (χ0v) is 21.0. The third kappa shape index (κ3) is 8.94. The molecule has 142 valence electrons. The van der Waals surface area contributed by atoms with E-state index in [0.717, 1.165) is 36.7 Å². The van der Waals surface area contributed by atoms with Crippen LogP contribution in [0.15, 0.2) is 24.3 Å². The number of hydrogen-bond donors (Lipinski definition) is 0. The fraction of sp³-hybridized carbons (Fsp3) is 0.700. The van der Waals surface area contributed by atoms with Crippen LogP contribution in [0.4, 0.5) is 0 Å². The highest BCUT2D eigenvalue weighted by atomic mass is 80.0. The molecule has 2 rings (SSSR count). The minimum absolute atomic E-state index is 0.762. The van der Waals surface area contributed by atoms with Gasteiger partial charge in [-0.2, -0.15) is 0 Å². The maximum Gasteiger partial charge on any atom is 0.267 e. The molecule has 0 bridgehead atoms. The molecule has 0 unspecified atom stereocenters. The van der Waals surface area contributed by atoms with E-state index < -0.39 is 3.93 Å². The van der Waals surface area contributed by atoms with Gasteiger partial charge in [-0.15, -0.1) is 0 Å². The van der Waals surface area contributed by atoms with Gasteiger partial charge in [0.1, 0.15) is 5.75 Å². The molecular formula is C20H31Br3OSi. The topological polar surface area (TPSA) is 9.23 Å². The molecule has 5 heteroatoms. The predicted octanol–water partition coefficient (Wildman–Crippen LogP) is 8.43. The monoisotopic (exact) mass is 552 g/mol. The molecule has 25 heavy (non-hydrogen) atoms. The first-order valence-corrected chi connectivity index (χ1v) is 18.7. The van der Waals surface area contributed by atoms with Crippen molar-refractivity contribution in [2.45, 2.75) is 76.7 Å². The van der Waals surface area contributed by atoms with Crippen molar-refractivity contribution in [2.75, 3.05) is 6.61 Å². The Kier molecular flexibility index (Phi) is 10.1. The first kappa shape index (κ1) is 22.0. The Labute approximate surface area is 178 Å². The Bertz CT molecular complexity index is 479. The van der Waals surface area contributed by atoms with Gasteiger partial charge < -0.3 is 4.74 Å². The van der Waals surface area contributed by atoms with Crippen molar-refractivity contribution in [3.05, 3.63) is 29.8 Å². The van der Waals surface area contributed by atoms with Crippen molar-refractivity contribution < 1.29 is 4.74 Å². The van der Waals surface area contributed by atoms with Gasteiger partial charge in [-0.05, 0) is 67.7 Å². The Morgan fingerprint density at radius 2 is 1.64 bits per heavy atom. The van der Waals surface area contributed by atoms with E-state index in [1.165, 1.54) is 56.9 Å². The van der Waals surface area contributed by atoms with Crippen LogP contribution in [0, 0.1) is 5.92 Å². The molecule has 0 radical (unpaired) electrons. The largest absolute Gasteiger partial charge is 0.494 e. The van der Waals surface area contributed by atoms with Crippen molar-refractivity contribution in [1.29, 1.82) is 0 Å². The molecule has 1 aliphatic carbocycles. The van der Waals surface area contributed by atoms with E-state index in [1.54, 1.807) is 0 Å². The third-order valence-corrected chi connectivity index (χ3v) is 9.78. The second kappa shape index (κ2) is 11.5. The molecule has 0 amide bonds. The minimum Gasteiger partial charge on any atom is -0.494 e. The SMILES string of the molecule is CCCCCC1CCC(c2ccc(OCCC[Si](Br)(Br)Br)cc2)CC1. The maximum absolute atomic E-state index is 5.88. The molecule has 1 nitrogen and oxygen atoms in total. The maximum atomic E-state index is 5.88.